The van der Waals surface area contributed by atoms with Crippen LogP contribution < -0.4 is 10.4 Å². The summed E-state index contributed by atoms with van der Waals surface area (Å²) in [5.74, 6) is -1.18. The minimum atomic E-state index is -1.18. The van der Waals surface area contributed by atoms with E-state index < -0.39 is 5.97 Å². The summed E-state index contributed by atoms with van der Waals surface area (Å²) in [5, 5.41) is 14.2. The molecule has 1 N–H and O–H groups in total. The van der Waals surface area contributed by atoms with Crippen molar-refractivity contribution in [3.63, 3.8) is 0 Å². The van der Waals surface area contributed by atoms with E-state index in [1.54, 1.807) is 18.2 Å². The molecule has 37 heavy (non-hydrogen) atoms. The Kier molecular flexibility index (Phi) is 19.4. The molecule has 0 radical (unpaired) electrons. The Bertz CT molecular complexity index is 792. The van der Waals surface area contributed by atoms with Crippen LogP contribution in [0.15, 0.2) is 42.5 Å². The largest absolute Gasteiger partial charge is 4.00 e. The summed E-state index contributed by atoms with van der Waals surface area (Å²) in [4.78, 5) is 11.0. The Hall–Kier alpha value is -1.49. The van der Waals surface area contributed by atoms with Gasteiger partial charge in [0.1, 0.15) is 0 Å². The fourth-order valence-electron chi connectivity index (χ4n) is 4.50. The Morgan fingerprint density at radius 2 is 1.08 bits per heavy atom. The molecule has 0 heterocycles. The molecule has 2 aromatic carbocycles. The van der Waals surface area contributed by atoms with Crippen LogP contribution in [-0.2, 0) is 0 Å². The van der Waals surface area contributed by atoms with Crippen LogP contribution in [0.4, 0.5) is 11.4 Å². The number of rotatable bonds is 3. The molecule has 3 aliphatic rings. The zero-order chi connectivity index (χ0) is 25.8. The van der Waals surface area contributed by atoms with E-state index in [1.165, 1.54) is 102 Å². The summed E-state index contributed by atoms with van der Waals surface area (Å²) in [5.41, 5.74) is 3.88. The number of benzene rings is 2. The third-order valence-electron chi connectivity index (χ3n) is 6.97. The average Bonchev–Trinajstić information content (AvgIpc) is 2.95. The first-order valence-electron chi connectivity index (χ1n) is 14.2. The number of carbonyl (C=O) groups excluding carboxylic acids is 1. The van der Waals surface area contributed by atoms with Gasteiger partial charge in [-0.05, 0) is 37.1 Å². The molecular formula is C33H47NO2Sn. The fourth-order valence-corrected chi connectivity index (χ4v) is 4.50. The number of carboxylic acids is 1. The predicted octanol–water partition coefficient (Wildman–Crippen LogP) is 8.49. The van der Waals surface area contributed by atoms with Gasteiger partial charge in [-0.2, -0.15) is 38.5 Å². The average molecular weight is 608 g/mol. The van der Waals surface area contributed by atoms with Crippen molar-refractivity contribution in [1.82, 2.24) is 0 Å². The third kappa shape index (κ3) is 14.9. The molecule has 5 rings (SSSR count). The van der Waals surface area contributed by atoms with Crippen LogP contribution in [0.1, 0.15) is 118 Å². The van der Waals surface area contributed by atoms with E-state index in [-0.39, 0.29) is 29.5 Å². The number of hydrogen-bond acceptors (Lipinski definition) is 3. The van der Waals surface area contributed by atoms with Crippen molar-refractivity contribution in [3.05, 3.63) is 78.4 Å². The molecule has 0 bridgehead atoms. The number of aromatic carboxylic acids is 1. The van der Waals surface area contributed by atoms with Gasteiger partial charge in [-0.1, -0.05) is 88.1 Å². The summed E-state index contributed by atoms with van der Waals surface area (Å²) in [6.07, 6.45) is 28.5. The quantitative estimate of drug-likeness (QED) is 0.281. The van der Waals surface area contributed by atoms with Crippen molar-refractivity contribution in [2.75, 3.05) is 5.32 Å². The van der Waals surface area contributed by atoms with E-state index in [4.69, 9.17) is 0 Å². The van der Waals surface area contributed by atoms with Crippen molar-refractivity contribution in [2.24, 2.45) is 0 Å². The topological polar surface area (TPSA) is 52.2 Å². The van der Waals surface area contributed by atoms with Gasteiger partial charge in [0, 0.05) is 16.9 Å². The zero-order valence-corrected chi connectivity index (χ0v) is 26.1. The molecule has 3 aliphatic carbocycles. The van der Waals surface area contributed by atoms with E-state index in [9.17, 15) is 9.90 Å². The van der Waals surface area contributed by atoms with Gasteiger partial charge in [0.25, 0.3) is 0 Å². The Balaban J connectivity index is 0.000000292. The van der Waals surface area contributed by atoms with Gasteiger partial charge in [-0.25, -0.2) is 0 Å². The van der Waals surface area contributed by atoms with Gasteiger partial charge in [-0.15, -0.1) is 0 Å². The van der Waals surface area contributed by atoms with Gasteiger partial charge in [0.15, 0.2) is 0 Å². The summed E-state index contributed by atoms with van der Waals surface area (Å²) >= 11 is 0. The van der Waals surface area contributed by atoms with Crippen molar-refractivity contribution >= 4 is 41.3 Å². The fraction of sp³-hybridized carbons (Fsp3) is 0.515. The summed E-state index contributed by atoms with van der Waals surface area (Å²) in [6.45, 7) is 4.02. The number of anilines is 2. The molecule has 0 amide bonds. The van der Waals surface area contributed by atoms with Crippen molar-refractivity contribution in [1.29, 1.82) is 0 Å². The Labute approximate surface area is 244 Å². The number of para-hydroxylation sites is 1. The maximum absolute atomic E-state index is 11.0. The van der Waals surface area contributed by atoms with Crippen LogP contribution in [-0.4, -0.2) is 29.9 Å². The van der Waals surface area contributed by atoms with Crippen LogP contribution in [0.2, 0.25) is 0 Å². The second-order valence-electron chi connectivity index (χ2n) is 9.99. The molecule has 0 unspecified atom stereocenters. The molecule has 0 spiro atoms. The van der Waals surface area contributed by atoms with E-state index in [0.29, 0.717) is 5.69 Å². The second kappa shape index (κ2) is 21.4. The molecule has 3 nitrogen and oxygen atoms in total. The zero-order valence-electron chi connectivity index (χ0n) is 23.2. The first kappa shape index (κ1) is 33.5. The normalized spacial score (nSPS) is 16.6. The molecule has 0 saturated heterocycles. The standard InChI is InChI=1S/C15H15NO2.3C6H11.Sn/c1-10-6-5-9-13(11(10)2)16-14-8-4-3-7-12(14)15(17)18;3*1-2-4-6-5-3-1;/h3-9,16H,1-2H3,(H,17,18);3*1H,2-6H2;/q;3*-1;+4/p-1. The second-order valence-corrected chi connectivity index (χ2v) is 9.99. The molecule has 3 saturated carbocycles. The molecule has 200 valence electrons. The Morgan fingerprint density at radius 1 is 0.649 bits per heavy atom. The maximum Gasteiger partial charge on any atom is 4.00 e. The summed E-state index contributed by atoms with van der Waals surface area (Å²) in [6, 6.07) is 12.6. The van der Waals surface area contributed by atoms with Crippen LogP contribution >= 0.6 is 0 Å². The van der Waals surface area contributed by atoms with Crippen LogP contribution in [0.5, 0.6) is 0 Å². The van der Waals surface area contributed by atoms with Gasteiger partial charge in [0.05, 0.1) is 5.97 Å². The number of nitrogens with one attached hydrogen (secondary N) is 1. The van der Waals surface area contributed by atoms with Crippen molar-refractivity contribution < 1.29 is 9.90 Å². The SMILES string of the molecule is Cc1cccc(Nc2ccccc2C(=O)[O-])c1C.[CH-]1CCCCC1.[CH-]1CCCCC1.[CH-]1CCCCC1.[Sn+4]. The third-order valence-corrected chi connectivity index (χ3v) is 6.97. The molecule has 0 aromatic heterocycles. The molecule has 0 aliphatic heterocycles. The molecule has 4 heteroatoms. The summed E-state index contributed by atoms with van der Waals surface area (Å²) in [7, 11) is 0. The van der Waals surface area contributed by atoms with E-state index >= 15 is 0 Å². The summed E-state index contributed by atoms with van der Waals surface area (Å²) < 4.78 is 0. The van der Waals surface area contributed by atoms with Crippen molar-refractivity contribution in [2.45, 2.75) is 110 Å². The Morgan fingerprint density at radius 3 is 1.46 bits per heavy atom. The number of carbonyl (C=O) groups is 1. The van der Waals surface area contributed by atoms with Gasteiger partial charge in [-0.3, -0.25) is 0 Å². The molecule has 0 atom stereocenters. The van der Waals surface area contributed by atoms with E-state index in [1.807, 2.05) is 32.0 Å². The molecule has 2 aromatic rings. The smallest absolute Gasteiger partial charge is 0.545 e. The first-order valence-corrected chi connectivity index (χ1v) is 14.2. The molecular weight excluding hydrogens is 561 g/mol. The van der Waals surface area contributed by atoms with Gasteiger partial charge >= 0.3 is 23.9 Å². The van der Waals surface area contributed by atoms with E-state index in [2.05, 4.69) is 24.6 Å². The maximum atomic E-state index is 11.0. The molecule has 3 fully saturated rings. The van der Waals surface area contributed by atoms with Crippen LogP contribution in [0, 0.1) is 33.1 Å². The number of carboxylic acid groups (broad SMARTS) is 1. The van der Waals surface area contributed by atoms with Crippen molar-refractivity contribution in [3.8, 4) is 0 Å². The minimum Gasteiger partial charge on any atom is -0.545 e. The van der Waals surface area contributed by atoms with Gasteiger partial charge < -0.3 is 34.5 Å². The monoisotopic (exact) mass is 609 g/mol. The number of aryl methyl sites for hydroxylation is 1. The minimum absolute atomic E-state index is 0. The van der Waals surface area contributed by atoms with Crippen LogP contribution in [0.25, 0.3) is 0 Å². The van der Waals surface area contributed by atoms with Crippen LogP contribution in [0.3, 0.4) is 0 Å². The van der Waals surface area contributed by atoms with E-state index in [0.717, 1.165) is 16.8 Å². The number of hydrogen-bond donors (Lipinski definition) is 1. The predicted molar refractivity (Wildman–Crippen MR) is 158 cm³/mol. The first-order chi connectivity index (χ1) is 17.6. The van der Waals surface area contributed by atoms with Gasteiger partial charge in [0.2, 0.25) is 0 Å².